The third kappa shape index (κ3) is 9.81. The van der Waals surface area contributed by atoms with Crippen molar-refractivity contribution in [1.29, 1.82) is 0 Å². The zero-order chi connectivity index (χ0) is 42.2. The maximum atomic E-state index is 11.7. The number of benzene rings is 3. The van der Waals surface area contributed by atoms with Crippen LogP contribution in [0.3, 0.4) is 0 Å². The van der Waals surface area contributed by atoms with Gasteiger partial charge < -0.3 is 65.5 Å². The number of nitrogens with two attached hydrogens (primary N) is 2. The van der Waals surface area contributed by atoms with E-state index in [-0.39, 0.29) is 12.1 Å². The number of nitro groups is 1. The molecular formula is C42H51N9O9. The van der Waals surface area contributed by atoms with Crippen molar-refractivity contribution in [2.75, 3.05) is 93.6 Å². The molecule has 3 saturated heterocycles. The maximum Gasteiger partial charge on any atom is 0.320 e. The molecule has 0 radical (unpaired) electrons. The highest BCUT2D eigenvalue weighted by Crippen LogP contribution is 2.38. The molecule has 18 heteroatoms. The van der Waals surface area contributed by atoms with E-state index in [0.717, 1.165) is 74.8 Å². The first-order valence-corrected chi connectivity index (χ1v) is 20.0. The Labute approximate surface area is 345 Å². The third-order valence-electron chi connectivity index (χ3n) is 11.0. The van der Waals surface area contributed by atoms with Crippen molar-refractivity contribution in [3.8, 4) is 0 Å². The Bertz CT molecular complexity index is 2410. The number of fused-ring (bicyclic) bond motifs is 3. The van der Waals surface area contributed by atoms with Crippen LogP contribution in [0.15, 0.2) is 73.2 Å². The van der Waals surface area contributed by atoms with Crippen LogP contribution >= 0.6 is 0 Å². The number of nitrogens with one attached hydrogen (secondary N) is 3. The molecule has 0 saturated carbocycles. The van der Waals surface area contributed by atoms with E-state index in [1.54, 1.807) is 18.3 Å². The fourth-order valence-electron chi connectivity index (χ4n) is 7.73. The van der Waals surface area contributed by atoms with E-state index in [1.165, 1.54) is 16.6 Å². The van der Waals surface area contributed by atoms with Crippen LogP contribution in [0.2, 0.25) is 0 Å². The van der Waals surface area contributed by atoms with Crippen LogP contribution in [0.4, 0.5) is 22.7 Å². The number of rotatable bonds is 10. The molecule has 9 rings (SSSR count). The molecule has 0 aliphatic carbocycles. The topological polar surface area (TPSA) is 255 Å². The molecule has 9 N–H and O–H groups in total. The predicted molar refractivity (Wildman–Crippen MR) is 229 cm³/mol. The molecule has 0 unspecified atom stereocenters. The average Bonchev–Trinajstić information content (AvgIpc) is 4.03. The van der Waals surface area contributed by atoms with Crippen LogP contribution in [-0.2, 0) is 36.6 Å². The number of anilines is 3. The summed E-state index contributed by atoms with van der Waals surface area (Å²) >= 11 is 0. The molecule has 3 aromatic carbocycles. The highest BCUT2D eigenvalue weighted by atomic mass is 16.6. The number of aromatic amines is 3. The Morgan fingerprint density at radius 2 is 1.17 bits per heavy atom. The maximum absolute atomic E-state index is 11.7. The van der Waals surface area contributed by atoms with Gasteiger partial charge in [-0.3, -0.25) is 19.7 Å². The Morgan fingerprint density at radius 1 is 0.667 bits per heavy atom. The number of carbonyl (C=O) groups is 2. The van der Waals surface area contributed by atoms with Gasteiger partial charge in [0.15, 0.2) is 0 Å². The van der Waals surface area contributed by atoms with E-state index >= 15 is 0 Å². The summed E-state index contributed by atoms with van der Waals surface area (Å²) in [4.78, 5) is 49.1. The quantitative estimate of drug-likeness (QED) is 0.0766. The Balaban J connectivity index is 0.000000139. The Morgan fingerprint density at radius 3 is 1.75 bits per heavy atom. The van der Waals surface area contributed by atoms with Crippen molar-refractivity contribution >= 4 is 67.4 Å². The molecule has 3 fully saturated rings. The zero-order valence-electron chi connectivity index (χ0n) is 33.2. The number of morpholine rings is 3. The molecule has 6 heterocycles. The number of hydrogen-bond acceptors (Lipinski definition) is 12. The lowest BCUT2D eigenvalue weighted by Crippen LogP contribution is -2.36. The van der Waals surface area contributed by atoms with E-state index in [9.17, 15) is 19.7 Å². The first kappa shape index (κ1) is 42.0. The van der Waals surface area contributed by atoms with Crippen LogP contribution in [0.5, 0.6) is 0 Å². The second-order valence-corrected chi connectivity index (χ2v) is 14.8. The average molecular weight is 826 g/mol. The number of carboxylic acid groups (broad SMARTS) is 2. The number of nitro benzene ring substituents is 1. The standard InChI is InChI=1S/C15H18N4O5.C15H19N3O3.C12H14N2O/c16-10(15(20)21)7-9-8-17-11-1-2-12(14(13(9)11)19(22)23)18-3-5-24-6-4-18;16-13(15(19)20)7-10-9-17-14-2-1-11(8-12(10)14)18-3-5-21-6-4-18;1-2-12-10(3-4-13-12)9-11(1)14-5-7-15-8-6-14/h1-2,8,10,17H,3-7,16H2,(H,20,21);1-2,8-9,13,17H,3-7,16H2,(H,19,20);1-4,9,13H,5-8H2/t10-;13-;/m00./s1. The molecule has 318 valence electrons. The summed E-state index contributed by atoms with van der Waals surface area (Å²) in [5.41, 5.74) is 18.4. The smallest absolute Gasteiger partial charge is 0.320 e. The summed E-state index contributed by atoms with van der Waals surface area (Å²) in [6.45, 7) is 9.06. The lowest BCUT2D eigenvalue weighted by Gasteiger charge is -2.29. The summed E-state index contributed by atoms with van der Waals surface area (Å²) < 4.78 is 16.0. The van der Waals surface area contributed by atoms with Gasteiger partial charge in [-0.15, -0.1) is 0 Å². The summed E-state index contributed by atoms with van der Waals surface area (Å²) in [6, 6.07) is 16.3. The van der Waals surface area contributed by atoms with Crippen molar-refractivity contribution in [2.45, 2.75) is 24.9 Å². The third-order valence-corrected chi connectivity index (χ3v) is 11.0. The van der Waals surface area contributed by atoms with E-state index < -0.39 is 28.9 Å². The van der Waals surface area contributed by atoms with Crippen molar-refractivity contribution < 1.29 is 38.9 Å². The van der Waals surface area contributed by atoms with Crippen molar-refractivity contribution in [2.24, 2.45) is 11.5 Å². The zero-order valence-corrected chi connectivity index (χ0v) is 33.2. The van der Waals surface area contributed by atoms with Gasteiger partial charge in [0.2, 0.25) is 0 Å². The minimum absolute atomic E-state index is 0.0166. The number of aliphatic carboxylic acids is 2. The molecule has 6 aromatic rings. The molecule has 3 aromatic heterocycles. The van der Waals surface area contributed by atoms with Gasteiger partial charge in [-0.1, -0.05) is 0 Å². The molecule has 3 aliphatic rings. The first-order chi connectivity index (χ1) is 29.1. The molecule has 60 heavy (non-hydrogen) atoms. The van der Waals surface area contributed by atoms with Gasteiger partial charge in [0.1, 0.15) is 17.8 Å². The van der Waals surface area contributed by atoms with Crippen LogP contribution in [0, 0.1) is 10.1 Å². The van der Waals surface area contributed by atoms with Gasteiger partial charge in [-0.05, 0) is 65.7 Å². The molecular weight excluding hydrogens is 775 g/mol. The Hall–Kier alpha value is -6.18. The molecule has 0 amide bonds. The van der Waals surface area contributed by atoms with E-state index in [2.05, 4.69) is 61.1 Å². The number of hydrogen-bond donors (Lipinski definition) is 7. The van der Waals surface area contributed by atoms with Gasteiger partial charge >= 0.3 is 17.6 Å². The number of H-pyrrole nitrogens is 3. The fourth-order valence-corrected chi connectivity index (χ4v) is 7.73. The summed E-state index contributed by atoms with van der Waals surface area (Å²) in [5.74, 6) is -2.12. The van der Waals surface area contributed by atoms with Gasteiger partial charge in [0, 0.05) is 104 Å². The van der Waals surface area contributed by atoms with Gasteiger partial charge in [-0.25, -0.2) is 0 Å². The van der Waals surface area contributed by atoms with Crippen LogP contribution in [-0.4, -0.2) is 133 Å². The first-order valence-electron chi connectivity index (χ1n) is 20.0. The normalized spacial score (nSPS) is 16.8. The summed E-state index contributed by atoms with van der Waals surface area (Å²) in [5, 5.41) is 32.4. The second-order valence-electron chi connectivity index (χ2n) is 14.8. The van der Waals surface area contributed by atoms with Crippen LogP contribution in [0.25, 0.3) is 32.7 Å². The highest BCUT2D eigenvalue weighted by molar-refractivity contribution is 5.98. The number of aromatic nitrogens is 3. The van der Waals surface area contributed by atoms with E-state index in [4.69, 9.17) is 35.9 Å². The minimum Gasteiger partial charge on any atom is -0.480 e. The van der Waals surface area contributed by atoms with E-state index in [0.29, 0.717) is 54.9 Å². The summed E-state index contributed by atoms with van der Waals surface area (Å²) in [6.07, 6.45) is 5.75. The van der Waals surface area contributed by atoms with E-state index in [1.807, 2.05) is 23.4 Å². The molecule has 2 atom stereocenters. The molecule has 18 nitrogen and oxygen atoms in total. The van der Waals surface area contributed by atoms with Crippen LogP contribution in [0.1, 0.15) is 11.1 Å². The lowest BCUT2D eigenvalue weighted by atomic mass is 10.0. The highest BCUT2D eigenvalue weighted by Gasteiger charge is 2.28. The monoisotopic (exact) mass is 825 g/mol. The summed E-state index contributed by atoms with van der Waals surface area (Å²) in [7, 11) is 0. The molecule has 0 spiro atoms. The predicted octanol–water partition coefficient (Wildman–Crippen LogP) is 3.83. The fraction of sp³-hybridized carbons (Fsp3) is 0.381. The SMILES string of the molecule is N[C@@H](Cc1c[nH]c2ccc(N3CCOCC3)c([N+](=O)[O-])c12)C(=O)O.N[C@@H](Cc1c[nH]c2ccc(N3CCOCC3)cc12)C(=O)O.c1cc2cc(N3CCOCC3)ccc2[nH]1. The van der Waals surface area contributed by atoms with Crippen LogP contribution < -0.4 is 26.2 Å². The molecule has 0 bridgehead atoms. The number of nitrogens with zero attached hydrogens (tertiary/aromatic N) is 4. The van der Waals surface area contributed by atoms with Gasteiger partial charge in [0.05, 0.1) is 55.5 Å². The van der Waals surface area contributed by atoms with Crippen molar-refractivity contribution in [1.82, 2.24) is 15.0 Å². The van der Waals surface area contributed by atoms with Crippen molar-refractivity contribution in [3.05, 3.63) is 94.4 Å². The molecule has 3 aliphatic heterocycles. The van der Waals surface area contributed by atoms with Gasteiger partial charge in [-0.2, -0.15) is 0 Å². The largest absolute Gasteiger partial charge is 0.480 e. The Kier molecular flexibility index (Phi) is 13.5. The van der Waals surface area contributed by atoms with Gasteiger partial charge in [0.25, 0.3) is 0 Å². The minimum atomic E-state index is -1.14. The number of ether oxygens (including phenoxy) is 3. The number of carboxylic acids is 2. The second kappa shape index (κ2) is 19.3. The van der Waals surface area contributed by atoms with Crippen molar-refractivity contribution in [3.63, 3.8) is 0 Å². The lowest BCUT2D eigenvalue weighted by molar-refractivity contribution is -0.382.